The van der Waals surface area contributed by atoms with E-state index in [1.807, 2.05) is 6.07 Å². The lowest BCUT2D eigenvalue weighted by Crippen LogP contribution is -2.28. The average Bonchev–Trinajstić information content (AvgIpc) is 3.20. The maximum absolute atomic E-state index is 12.5. The molecule has 134 valence electrons. The topological polar surface area (TPSA) is 94.7 Å². The Kier molecular flexibility index (Phi) is 4.51. The number of fused-ring (bicyclic) bond motifs is 1. The van der Waals surface area contributed by atoms with Crippen LogP contribution >= 0.6 is 15.9 Å². The van der Waals surface area contributed by atoms with Crippen LogP contribution in [0.15, 0.2) is 70.8 Å². The summed E-state index contributed by atoms with van der Waals surface area (Å²) >= 11 is 3.34. The van der Waals surface area contributed by atoms with Crippen LogP contribution < -0.4 is 10.9 Å². The molecule has 0 aliphatic carbocycles. The first kappa shape index (κ1) is 17.1. The molecule has 0 saturated carbocycles. The van der Waals surface area contributed by atoms with Crippen molar-refractivity contribution in [1.82, 2.24) is 24.1 Å². The van der Waals surface area contributed by atoms with Gasteiger partial charge in [0.25, 0.3) is 5.56 Å². The first-order chi connectivity index (χ1) is 13.1. The zero-order valence-corrected chi connectivity index (χ0v) is 15.5. The van der Waals surface area contributed by atoms with Crippen LogP contribution in [0.1, 0.15) is 0 Å². The highest BCUT2D eigenvalue weighted by atomic mass is 79.9. The third kappa shape index (κ3) is 3.63. The van der Waals surface area contributed by atoms with Crippen molar-refractivity contribution in [2.75, 3.05) is 5.32 Å². The third-order valence-electron chi connectivity index (χ3n) is 3.90. The predicted octanol–water partition coefficient (Wildman–Crippen LogP) is 2.38. The lowest BCUT2D eigenvalue weighted by molar-refractivity contribution is -0.116. The van der Waals surface area contributed by atoms with Crippen molar-refractivity contribution in [3.8, 4) is 5.82 Å². The zero-order valence-electron chi connectivity index (χ0n) is 13.9. The van der Waals surface area contributed by atoms with Crippen molar-refractivity contribution in [3.05, 3.63) is 76.4 Å². The summed E-state index contributed by atoms with van der Waals surface area (Å²) in [5.41, 5.74) is 0.845. The molecule has 0 unspecified atom stereocenters. The number of benzene rings is 1. The van der Waals surface area contributed by atoms with Crippen LogP contribution in [0.3, 0.4) is 0 Å². The van der Waals surface area contributed by atoms with E-state index in [4.69, 9.17) is 0 Å². The Morgan fingerprint density at radius 3 is 2.78 bits per heavy atom. The summed E-state index contributed by atoms with van der Waals surface area (Å²) in [6.45, 7) is -0.141. The molecule has 4 aromatic rings. The lowest BCUT2D eigenvalue weighted by Gasteiger charge is -2.08. The Bertz CT molecular complexity index is 1170. The van der Waals surface area contributed by atoms with E-state index in [1.54, 1.807) is 53.8 Å². The number of amides is 1. The van der Waals surface area contributed by atoms with Gasteiger partial charge in [0.15, 0.2) is 0 Å². The molecule has 0 spiro atoms. The van der Waals surface area contributed by atoms with E-state index < -0.39 is 0 Å². The van der Waals surface area contributed by atoms with Crippen LogP contribution in [-0.2, 0) is 11.3 Å². The number of nitrogens with one attached hydrogen (secondary N) is 1. The van der Waals surface area contributed by atoms with Gasteiger partial charge in [-0.3, -0.25) is 18.7 Å². The molecule has 0 bridgehead atoms. The molecule has 8 nitrogen and oxygen atoms in total. The molecule has 0 aliphatic heterocycles. The largest absolute Gasteiger partial charge is 0.323 e. The normalized spacial score (nSPS) is 10.9. The molecule has 1 aromatic carbocycles. The summed E-state index contributed by atoms with van der Waals surface area (Å²) in [4.78, 5) is 37.3. The number of aromatic nitrogens is 5. The van der Waals surface area contributed by atoms with Gasteiger partial charge in [-0.25, -0.2) is 15.0 Å². The second-order valence-corrected chi connectivity index (χ2v) is 6.68. The highest BCUT2D eigenvalue weighted by Gasteiger charge is 2.09. The lowest BCUT2D eigenvalue weighted by atomic mass is 10.2. The van der Waals surface area contributed by atoms with E-state index in [2.05, 4.69) is 36.2 Å². The van der Waals surface area contributed by atoms with Crippen molar-refractivity contribution < 1.29 is 4.79 Å². The minimum Gasteiger partial charge on any atom is -0.323 e. The van der Waals surface area contributed by atoms with Crippen LogP contribution in [0.4, 0.5) is 5.69 Å². The van der Waals surface area contributed by atoms with E-state index >= 15 is 0 Å². The first-order valence-electron chi connectivity index (χ1n) is 7.99. The fraction of sp³-hybridized carbons (Fsp3) is 0.0556. The molecule has 3 aromatic heterocycles. The maximum atomic E-state index is 12.5. The molecule has 3 heterocycles. The summed E-state index contributed by atoms with van der Waals surface area (Å²) in [6.07, 6.45) is 7.99. The predicted molar refractivity (Wildman–Crippen MR) is 104 cm³/mol. The number of halogens is 1. The van der Waals surface area contributed by atoms with Crippen LogP contribution in [0.2, 0.25) is 0 Å². The van der Waals surface area contributed by atoms with Crippen LogP contribution in [0.25, 0.3) is 16.7 Å². The molecule has 9 heteroatoms. The van der Waals surface area contributed by atoms with E-state index in [9.17, 15) is 9.59 Å². The molecule has 0 radical (unpaired) electrons. The molecule has 0 aliphatic rings. The van der Waals surface area contributed by atoms with Gasteiger partial charge in [-0.05, 0) is 30.3 Å². The third-order valence-corrected chi connectivity index (χ3v) is 4.39. The zero-order chi connectivity index (χ0) is 18.8. The second-order valence-electron chi connectivity index (χ2n) is 5.76. The summed E-state index contributed by atoms with van der Waals surface area (Å²) < 4.78 is 3.81. The SMILES string of the molecule is O=C(Cn1cnc2ccc(Br)cc2c1=O)Nc1ccc(-n2ccnc2)nc1. The number of imidazole rings is 1. The summed E-state index contributed by atoms with van der Waals surface area (Å²) in [5, 5.41) is 3.18. The summed E-state index contributed by atoms with van der Waals surface area (Å²) in [5.74, 6) is 0.344. The van der Waals surface area contributed by atoms with Gasteiger partial charge in [0.05, 0.1) is 29.1 Å². The number of anilines is 1. The van der Waals surface area contributed by atoms with E-state index in [-0.39, 0.29) is 18.0 Å². The second kappa shape index (κ2) is 7.12. The van der Waals surface area contributed by atoms with Crippen molar-refractivity contribution >= 4 is 38.4 Å². The summed E-state index contributed by atoms with van der Waals surface area (Å²) in [6, 6.07) is 8.75. The van der Waals surface area contributed by atoms with Gasteiger partial charge in [-0.1, -0.05) is 15.9 Å². The number of hydrogen-bond donors (Lipinski definition) is 1. The Morgan fingerprint density at radius 2 is 2.04 bits per heavy atom. The molecule has 0 fully saturated rings. The van der Waals surface area contributed by atoms with Crippen molar-refractivity contribution in [3.63, 3.8) is 0 Å². The fourth-order valence-electron chi connectivity index (χ4n) is 2.61. The number of carbonyl (C=O) groups is 1. The number of carbonyl (C=O) groups excluding carboxylic acids is 1. The smallest absolute Gasteiger partial charge is 0.261 e. The molecular formula is C18H13BrN6O2. The Morgan fingerprint density at radius 1 is 1.15 bits per heavy atom. The standard InChI is InChI=1S/C18H13BrN6O2/c19-12-1-3-15-14(7-12)18(27)25(11-22-15)9-17(26)23-13-2-4-16(21-8-13)24-6-5-20-10-24/h1-8,10-11H,9H2,(H,23,26). The van der Waals surface area contributed by atoms with Crippen LogP contribution in [-0.4, -0.2) is 30.0 Å². The molecular weight excluding hydrogens is 412 g/mol. The minimum atomic E-state index is -0.342. The number of rotatable bonds is 4. The Hall–Kier alpha value is -3.33. The number of hydrogen-bond acceptors (Lipinski definition) is 5. The highest BCUT2D eigenvalue weighted by Crippen LogP contribution is 2.15. The van der Waals surface area contributed by atoms with E-state index in [1.165, 1.54) is 10.9 Å². The average molecular weight is 425 g/mol. The van der Waals surface area contributed by atoms with Gasteiger partial charge in [-0.15, -0.1) is 0 Å². The van der Waals surface area contributed by atoms with Crippen molar-refractivity contribution in [2.45, 2.75) is 6.54 Å². The van der Waals surface area contributed by atoms with Crippen LogP contribution in [0.5, 0.6) is 0 Å². The monoisotopic (exact) mass is 424 g/mol. The molecule has 1 amide bonds. The van der Waals surface area contributed by atoms with Gasteiger partial charge in [0.2, 0.25) is 5.91 Å². The molecule has 0 atom stereocenters. The van der Waals surface area contributed by atoms with Gasteiger partial charge >= 0.3 is 0 Å². The van der Waals surface area contributed by atoms with Gasteiger partial charge < -0.3 is 5.32 Å². The van der Waals surface area contributed by atoms with E-state index in [0.29, 0.717) is 22.4 Å². The van der Waals surface area contributed by atoms with Gasteiger partial charge in [-0.2, -0.15) is 0 Å². The maximum Gasteiger partial charge on any atom is 0.261 e. The van der Waals surface area contributed by atoms with Crippen molar-refractivity contribution in [1.29, 1.82) is 0 Å². The van der Waals surface area contributed by atoms with Gasteiger partial charge in [0.1, 0.15) is 18.7 Å². The number of nitrogens with zero attached hydrogens (tertiary/aromatic N) is 5. The van der Waals surface area contributed by atoms with Crippen LogP contribution in [0, 0.1) is 0 Å². The number of pyridine rings is 1. The molecule has 0 saturated heterocycles. The molecule has 1 N–H and O–H groups in total. The quantitative estimate of drug-likeness (QED) is 0.542. The summed E-state index contributed by atoms with van der Waals surface area (Å²) in [7, 11) is 0. The van der Waals surface area contributed by atoms with Gasteiger partial charge in [0, 0.05) is 16.9 Å². The minimum absolute atomic E-state index is 0.141. The highest BCUT2D eigenvalue weighted by molar-refractivity contribution is 9.10. The molecule has 27 heavy (non-hydrogen) atoms. The Labute approximate surface area is 161 Å². The van der Waals surface area contributed by atoms with E-state index in [0.717, 1.165) is 4.47 Å². The van der Waals surface area contributed by atoms with Crippen molar-refractivity contribution in [2.24, 2.45) is 0 Å². The Balaban J connectivity index is 1.50. The first-order valence-corrected chi connectivity index (χ1v) is 8.78. The molecule has 4 rings (SSSR count). The fourth-order valence-corrected chi connectivity index (χ4v) is 2.97.